The summed E-state index contributed by atoms with van der Waals surface area (Å²) in [5.41, 5.74) is 2.80. The summed E-state index contributed by atoms with van der Waals surface area (Å²) in [6.07, 6.45) is 3.28. The van der Waals surface area contributed by atoms with E-state index in [9.17, 15) is 4.39 Å². The third kappa shape index (κ3) is 2.53. The van der Waals surface area contributed by atoms with Crippen LogP contribution in [-0.4, -0.2) is 21.5 Å². The zero-order valence-electron chi connectivity index (χ0n) is 9.73. The fourth-order valence-corrected chi connectivity index (χ4v) is 1.83. The molecule has 0 spiro atoms. The Kier molecular flexibility index (Phi) is 3.54. The number of aryl methyl sites for hydroxylation is 1. The molecule has 90 valence electrons. The molecule has 0 amide bonds. The van der Waals surface area contributed by atoms with Gasteiger partial charge in [0.1, 0.15) is 5.82 Å². The van der Waals surface area contributed by atoms with Crippen molar-refractivity contribution in [3.63, 3.8) is 0 Å². The second-order valence-corrected chi connectivity index (χ2v) is 3.97. The zero-order chi connectivity index (χ0) is 12.3. The molecule has 3 nitrogen and oxygen atoms in total. The molecule has 1 heterocycles. The second kappa shape index (κ2) is 5.10. The predicted molar refractivity (Wildman–Crippen MR) is 63.7 cm³/mol. The van der Waals surface area contributed by atoms with Crippen molar-refractivity contribution >= 4 is 0 Å². The number of aliphatic hydroxyl groups excluding tert-OH is 1. The van der Waals surface area contributed by atoms with Crippen molar-refractivity contribution in [2.75, 3.05) is 6.61 Å². The molecule has 0 radical (unpaired) electrons. The van der Waals surface area contributed by atoms with Gasteiger partial charge in [-0.25, -0.2) is 9.07 Å². The van der Waals surface area contributed by atoms with Crippen LogP contribution in [0.15, 0.2) is 30.5 Å². The van der Waals surface area contributed by atoms with Crippen molar-refractivity contribution in [3.05, 3.63) is 47.5 Å². The molecule has 1 aromatic heterocycles. The van der Waals surface area contributed by atoms with Crippen LogP contribution >= 0.6 is 0 Å². The average Bonchev–Trinajstić information content (AvgIpc) is 2.68. The van der Waals surface area contributed by atoms with Crippen LogP contribution in [0, 0.1) is 12.7 Å². The monoisotopic (exact) mass is 234 g/mol. The molecule has 0 aliphatic carbocycles. The van der Waals surface area contributed by atoms with Gasteiger partial charge >= 0.3 is 0 Å². The molecule has 17 heavy (non-hydrogen) atoms. The summed E-state index contributed by atoms with van der Waals surface area (Å²) in [6, 6.07) is 6.35. The Labute approximate surface area is 99.5 Å². The predicted octanol–water partition coefficient (Wildman–Crippen LogP) is 2.24. The quantitative estimate of drug-likeness (QED) is 0.881. The van der Waals surface area contributed by atoms with E-state index >= 15 is 0 Å². The summed E-state index contributed by atoms with van der Waals surface area (Å²) in [6.45, 7) is 2.12. The van der Waals surface area contributed by atoms with Crippen molar-refractivity contribution in [1.82, 2.24) is 9.78 Å². The van der Waals surface area contributed by atoms with E-state index in [-0.39, 0.29) is 12.4 Å². The minimum absolute atomic E-state index is 0.171. The Balaban J connectivity index is 2.30. The first-order chi connectivity index (χ1) is 8.22. The van der Waals surface area contributed by atoms with Gasteiger partial charge in [0, 0.05) is 12.3 Å². The highest BCUT2D eigenvalue weighted by molar-refractivity contribution is 5.35. The fourth-order valence-electron chi connectivity index (χ4n) is 1.83. The molecule has 0 bridgehead atoms. The van der Waals surface area contributed by atoms with Crippen molar-refractivity contribution in [1.29, 1.82) is 0 Å². The Hall–Kier alpha value is -1.68. The molecule has 0 saturated heterocycles. The topological polar surface area (TPSA) is 38.1 Å². The summed E-state index contributed by atoms with van der Waals surface area (Å²) in [5, 5.41) is 13.1. The standard InChI is InChI=1S/C13H15FN2O/c1-10-11(4-3-7-17)9-15-16(10)13-6-2-5-12(14)8-13/h2,5-6,8-9,17H,3-4,7H2,1H3. The van der Waals surface area contributed by atoms with E-state index in [4.69, 9.17) is 5.11 Å². The summed E-state index contributed by atoms with van der Waals surface area (Å²) in [7, 11) is 0. The van der Waals surface area contributed by atoms with E-state index in [0.717, 1.165) is 29.8 Å². The first-order valence-electron chi connectivity index (χ1n) is 5.62. The highest BCUT2D eigenvalue weighted by Gasteiger charge is 2.08. The molecule has 0 aliphatic rings. The molecular formula is C13H15FN2O. The van der Waals surface area contributed by atoms with Crippen LogP contribution in [-0.2, 0) is 6.42 Å². The number of aliphatic hydroxyl groups is 1. The Morgan fingerprint density at radius 3 is 2.94 bits per heavy atom. The number of benzene rings is 1. The van der Waals surface area contributed by atoms with Crippen LogP contribution < -0.4 is 0 Å². The third-order valence-electron chi connectivity index (χ3n) is 2.77. The third-order valence-corrected chi connectivity index (χ3v) is 2.77. The van der Waals surface area contributed by atoms with E-state index < -0.39 is 0 Å². The molecule has 4 heteroatoms. The van der Waals surface area contributed by atoms with Gasteiger partial charge in [0.2, 0.25) is 0 Å². The van der Waals surface area contributed by atoms with Crippen molar-refractivity contribution in [3.8, 4) is 5.69 Å². The van der Waals surface area contributed by atoms with Crippen molar-refractivity contribution in [2.24, 2.45) is 0 Å². The Morgan fingerprint density at radius 1 is 1.41 bits per heavy atom. The van der Waals surface area contributed by atoms with Crippen molar-refractivity contribution in [2.45, 2.75) is 19.8 Å². The van der Waals surface area contributed by atoms with Gasteiger partial charge in [0.05, 0.1) is 11.9 Å². The number of halogens is 1. The van der Waals surface area contributed by atoms with Gasteiger partial charge in [0.25, 0.3) is 0 Å². The van der Waals surface area contributed by atoms with Gasteiger partial charge in [-0.05, 0) is 43.5 Å². The molecule has 0 fully saturated rings. The number of hydrogen-bond acceptors (Lipinski definition) is 2. The van der Waals surface area contributed by atoms with E-state index in [2.05, 4.69) is 5.10 Å². The molecule has 0 aliphatic heterocycles. The smallest absolute Gasteiger partial charge is 0.125 e. The lowest BCUT2D eigenvalue weighted by Gasteiger charge is -2.05. The van der Waals surface area contributed by atoms with E-state index in [1.807, 2.05) is 13.0 Å². The molecule has 1 N–H and O–H groups in total. The van der Waals surface area contributed by atoms with Gasteiger partial charge in [-0.1, -0.05) is 6.07 Å². The summed E-state index contributed by atoms with van der Waals surface area (Å²) in [5.74, 6) is -0.269. The highest BCUT2D eigenvalue weighted by Crippen LogP contribution is 2.16. The average molecular weight is 234 g/mol. The lowest BCUT2D eigenvalue weighted by atomic mass is 10.1. The first-order valence-corrected chi connectivity index (χ1v) is 5.62. The zero-order valence-corrected chi connectivity index (χ0v) is 9.73. The summed E-state index contributed by atoms with van der Waals surface area (Å²) in [4.78, 5) is 0. The minimum atomic E-state index is -0.269. The van der Waals surface area contributed by atoms with Gasteiger partial charge < -0.3 is 5.11 Å². The van der Waals surface area contributed by atoms with E-state index in [0.29, 0.717) is 0 Å². The van der Waals surface area contributed by atoms with Crippen LogP contribution in [0.2, 0.25) is 0 Å². The maximum atomic E-state index is 13.1. The second-order valence-electron chi connectivity index (χ2n) is 3.97. The van der Waals surface area contributed by atoms with Gasteiger partial charge in [-0.3, -0.25) is 0 Å². The normalized spacial score (nSPS) is 10.8. The van der Waals surface area contributed by atoms with Crippen molar-refractivity contribution < 1.29 is 9.50 Å². The molecule has 1 aromatic carbocycles. The summed E-state index contributed by atoms with van der Waals surface area (Å²) >= 11 is 0. The highest BCUT2D eigenvalue weighted by atomic mass is 19.1. The molecule has 0 saturated carbocycles. The van der Waals surface area contributed by atoms with Crippen LogP contribution in [0.4, 0.5) is 4.39 Å². The largest absolute Gasteiger partial charge is 0.396 e. The first kappa shape index (κ1) is 11.8. The van der Waals surface area contributed by atoms with Gasteiger partial charge in [-0.15, -0.1) is 0 Å². The Bertz CT molecular complexity index is 508. The molecule has 2 rings (SSSR count). The van der Waals surface area contributed by atoms with Crippen LogP contribution in [0.3, 0.4) is 0 Å². The minimum Gasteiger partial charge on any atom is -0.396 e. The maximum absolute atomic E-state index is 13.1. The number of rotatable bonds is 4. The van der Waals surface area contributed by atoms with E-state index in [1.165, 1.54) is 12.1 Å². The van der Waals surface area contributed by atoms with Crippen LogP contribution in [0.1, 0.15) is 17.7 Å². The SMILES string of the molecule is Cc1c(CCCO)cnn1-c1cccc(F)c1. The van der Waals surface area contributed by atoms with E-state index in [1.54, 1.807) is 16.9 Å². The number of aromatic nitrogens is 2. The van der Waals surface area contributed by atoms with Gasteiger partial charge in [-0.2, -0.15) is 5.10 Å². The lowest BCUT2D eigenvalue weighted by Crippen LogP contribution is -2.00. The molecule has 2 aromatic rings. The molecule has 0 atom stereocenters. The fraction of sp³-hybridized carbons (Fsp3) is 0.308. The molecule has 0 unspecified atom stereocenters. The maximum Gasteiger partial charge on any atom is 0.125 e. The number of hydrogen-bond donors (Lipinski definition) is 1. The van der Waals surface area contributed by atoms with Crippen LogP contribution in [0.5, 0.6) is 0 Å². The summed E-state index contributed by atoms with van der Waals surface area (Å²) < 4.78 is 14.8. The number of nitrogens with zero attached hydrogens (tertiary/aromatic N) is 2. The van der Waals surface area contributed by atoms with Gasteiger partial charge in [0.15, 0.2) is 0 Å². The lowest BCUT2D eigenvalue weighted by molar-refractivity contribution is 0.288. The molecular weight excluding hydrogens is 219 g/mol. The van der Waals surface area contributed by atoms with Crippen LogP contribution in [0.25, 0.3) is 5.69 Å². The Morgan fingerprint density at radius 2 is 2.24 bits per heavy atom.